The van der Waals surface area contributed by atoms with Gasteiger partial charge in [-0.15, -0.1) is 0 Å². The molecule has 0 bridgehead atoms. The van der Waals surface area contributed by atoms with Gasteiger partial charge in [0.05, 0.1) is 48.5 Å². The van der Waals surface area contributed by atoms with Crippen LogP contribution < -0.4 is 14.5 Å². The van der Waals surface area contributed by atoms with Gasteiger partial charge >= 0.3 is 6.01 Å². The number of aliphatic hydroxyl groups excluding tert-OH is 1. The average Bonchev–Trinajstić information content (AvgIpc) is 3.83. The predicted octanol–water partition coefficient (Wildman–Crippen LogP) is 4.23. The molecule has 3 fully saturated rings. The molecule has 0 unspecified atom stereocenters. The second-order valence-corrected chi connectivity index (χ2v) is 13.5. The Bertz CT molecular complexity index is 1770. The number of nitrogens with zero attached hydrogens (tertiary/aromatic N) is 7. The van der Waals surface area contributed by atoms with Crippen molar-refractivity contribution >= 4 is 39.8 Å². The molecular weight excluding hydrogens is 628 g/mol. The molecule has 1 aromatic heterocycles. The maximum Gasteiger partial charge on any atom is 0.318 e. The summed E-state index contributed by atoms with van der Waals surface area (Å²) < 4.78 is 34.8. The van der Waals surface area contributed by atoms with Crippen LogP contribution in [0.25, 0.3) is 10.8 Å². The van der Waals surface area contributed by atoms with E-state index in [1.165, 1.54) is 11.0 Å². The van der Waals surface area contributed by atoms with Crippen LogP contribution in [0.1, 0.15) is 30.5 Å². The monoisotopic (exact) mass is 663 g/mol. The van der Waals surface area contributed by atoms with Gasteiger partial charge in [-0.1, -0.05) is 36.4 Å². The highest BCUT2D eigenvalue weighted by Gasteiger charge is 2.47. The van der Waals surface area contributed by atoms with Gasteiger partial charge in [-0.25, -0.2) is 8.78 Å². The third kappa shape index (κ3) is 6.20. The topological polar surface area (TPSA) is 109 Å². The average molecular weight is 664 g/mol. The van der Waals surface area contributed by atoms with Crippen LogP contribution in [0.15, 0.2) is 42.7 Å². The molecule has 3 aromatic rings. The van der Waals surface area contributed by atoms with Gasteiger partial charge in [-0.2, -0.15) is 15.2 Å². The summed E-state index contributed by atoms with van der Waals surface area (Å²) in [5, 5.41) is 20.8. The Hall–Kier alpha value is -4.05. The zero-order valence-electron chi connectivity index (χ0n) is 26.0. The zero-order chi connectivity index (χ0) is 32.9. The lowest BCUT2D eigenvalue weighted by Crippen LogP contribution is -2.55. The highest BCUT2D eigenvalue weighted by atomic mass is 35.5. The summed E-state index contributed by atoms with van der Waals surface area (Å²) in [6.07, 6.45) is 2.40. The van der Waals surface area contributed by atoms with Crippen molar-refractivity contribution in [1.29, 1.82) is 5.26 Å². The molecule has 3 aliphatic heterocycles. The number of rotatable bonds is 9. The first kappa shape index (κ1) is 31.5. The standard InChI is InChI=1S/C34H36ClF2N7O3/c1-21(36)32(46)44-14-13-43(15-23(44)7-11-38)31-25-8-12-42(28-4-2-3-22-5-6-26(37)30(35)29(22)28)18-27(25)39-33(40-31)47-20-34(9-10-34)19-41-16-24(45)17-41/h2-6,23-24,45H,1,7-10,12-20H2/t23-/m0/s1. The third-order valence-corrected chi connectivity index (χ3v) is 10.2. The third-order valence-electron chi connectivity index (χ3n) is 9.84. The number of amides is 1. The lowest BCUT2D eigenvalue weighted by Gasteiger charge is -2.42. The van der Waals surface area contributed by atoms with Gasteiger partial charge in [-0.05, 0) is 36.8 Å². The molecule has 47 heavy (non-hydrogen) atoms. The van der Waals surface area contributed by atoms with Crippen LogP contribution >= 0.6 is 11.6 Å². The van der Waals surface area contributed by atoms with E-state index in [0.29, 0.717) is 63.5 Å². The van der Waals surface area contributed by atoms with Crippen molar-refractivity contribution in [2.45, 2.75) is 44.4 Å². The van der Waals surface area contributed by atoms with Gasteiger partial charge in [0.2, 0.25) is 0 Å². The summed E-state index contributed by atoms with van der Waals surface area (Å²) in [5.41, 5.74) is 2.51. The fraction of sp³-hybridized carbons (Fsp3) is 0.471. The number of hydrogen-bond donors (Lipinski definition) is 1. The Labute approximate surface area is 276 Å². The molecule has 7 rings (SSSR count). The quantitative estimate of drug-likeness (QED) is 0.337. The number of benzene rings is 2. The maximum atomic E-state index is 14.6. The molecule has 1 atom stereocenters. The second-order valence-electron chi connectivity index (χ2n) is 13.2. The molecule has 0 radical (unpaired) electrons. The number of aromatic nitrogens is 2. The fourth-order valence-corrected chi connectivity index (χ4v) is 7.38. The van der Waals surface area contributed by atoms with Crippen LogP contribution in [0.5, 0.6) is 6.01 Å². The summed E-state index contributed by atoms with van der Waals surface area (Å²) in [4.78, 5) is 30.1. The van der Waals surface area contributed by atoms with E-state index in [-0.39, 0.29) is 35.5 Å². The van der Waals surface area contributed by atoms with Crippen molar-refractivity contribution in [2.75, 3.05) is 62.2 Å². The van der Waals surface area contributed by atoms with Crippen LogP contribution in [0.4, 0.5) is 20.3 Å². The molecule has 4 heterocycles. The van der Waals surface area contributed by atoms with E-state index >= 15 is 0 Å². The number of carbonyl (C=O) groups excluding carboxylic acids is 1. The zero-order valence-corrected chi connectivity index (χ0v) is 26.7. The number of aliphatic hydroxyl groups is 1. The SMILES string of the molecule is C=C(F)C(=O)N1CCN(c2nc(OCC3(CN4CC(O)C4)CC3)nc3c2CCN(c2cccc4ccc(F)c(Cl)c24)C3)C[C@@H]1CC#N. The molecule has 0 spiro atoms. The number of piperazine rings is 1. The van der Waals surface area contributed by atoms with E-state index in [1.54, 1.807) is 6.07 Å². The van der Waals surface area contributed by atoms with Gasteiger partial charge in [0.1, 0.15) is 11.6 Å². The minimum Gasteiger partial charge on any atom is -0.463 e. The van der Waals surface area contributed by atoms with E-state index in [4.69, 9.17) is 26.3 Å². The molecule has 10 nitrogen and oxygen atoms in total. The fourth-order valence-electron chi connectivity index (χ4n) is 7.11. The lowest BCUT2D eigenvalue weighted by molar-refractivity contribution is -0.131. The van der Waals surface area contributed by atoms with Gasteiger partial charge < -0.3 is 24.5 Å². The number of halogens is 3. The number of likely N-dealkylation sites (tertiary alicyclic amines) is 1. The molecular formula is C34H36ClF2N7O3. The first-order valence-corrected chi connectivity index (χ1v) is 16.3. The summed E-state index contributed by atoms with van der Waals surface area (Å²) in [6, 6.07) is 10.7. The molecule has 2 saturated heterocycles. The first-order chi connectivity index (χ1) is 22.6. The highest BCUT2D eigenvalue weighted by molar-refractivity contribution is 6.36. The Morgan fingerprint density at radius 3 is 2.68 bits per heavy atom. The van der Waals surface area contributed by atoms with Crippen molar-refractivity contribution in [3.8, 4) is 12.1 Å². The number of ether oxygens (including phenoxy) is 1. The number of anilines is 2. The number of hydrogen-bond acceptors (Lipinski definition) is 9. The van der Waals surface area contributed by atoms with E-state index in [9.17, 15) is 23.9 Å². The van der Waals surface area contributed by atoms with Gasteiger partial charge in [0.15, 0.2) is 5.83 Å². The number of β-amino-alcohol motifs (C(OH)–C–C–N with tert-alkyl or cyclic N) is 1. The van der Waals surface area contributed by atoms with Crippen LogP contribution in [0.2, 0.25) is 5.02 Å². The van der Waals surface area contributed by atoms with Gasteiger partial charge in [0, 0.05) is 67.9 Å². The van der Waals surface area contributed by atoms with Crippen molar-refractivity contribution < 1.29 is 23.4 Å². The summed E-state index contributed by atoms with van der Waals surface area (Å²) >= 11 is 6.49. The Morgan fingerprint density at radius 1 is 1.15 bits per heavy atom. The molecule has 1 amide bonds. The molecule has 13 heteroatoms. The van der Waals surface area contributed by atoms with E-state index in [2.05, 4.69) is 22.4 Å². The largest absolute Gasteiger partial charge is 0.463 e. The molecule has 1 saturated carbocycles. The van der Waals surface area contributed by atoms with Crippen LogP contribution in [0, 0.1) is 22.6 Å². The van der Waals surface area contributed by atoms with E-state index < -0.39 is 23.6 Å². The predicted molar refractivity (Wildman–Crippen MR) is 174 cm³/mol. The molecule has 1 aliphatic carbocycles. The molecule has 4 aliphatic rings. The highest BCUT2D eigenvalue weighted by Crippen LogP contribution is 2.47. The van der Waals surface area contributed by atoms with Crippen LogP contribution in [-0.4, -0.2) is 95.3 Å². The lowest BCUT2D eigenvalue weighted by atomic mass is 10.0. The van der Waals surface area contributed by atoms with Crippen molar-refractivity contribution in [2.24, 2.45) is 5.41 Å². The number of nitriles is 1. The minimum atomic E-state index is -1.05. The van der Waals surface area contributed by atoms with E-state index in [1.807, 2.05) is 23.1 Å². The van der Waals surface area contributed by atoms with Crippen molar-refractivity contribution in [1.82, 2.24) is 19.8 Å². The number of carbonyl (C=O) groups is 1. The molecule has 246 valence electrons. The molecule has 1 N–H and O–H groups in total. The number of fused-ring (bicyclic) bond motifs is 2. The summed E-state index contributed by atoms with van der Waals surface area (Å²) in [6.45, 7) is 7.69. The maximum absolute atomic E-state index is 14.6. The summed E-state index contributed by atoms with van der Waals surface area (Å²) in [5.74, 6) is -1.65. The molecule has 2 aromatic carbocycles. The smallest absolute Gasteiger partial charge is 0.318 e. The Balaban J connectivity index is 1.20. The summed E-state index contributed by atoms with van der Waals surface area (Å²) in [7, 11) is 0. The van der Waals surface area contributed by atoms with Crippen molar-refractivity contribution in [3.63, 3.8) is 0 Å². The van der Waals surface area contributed by atoms with Crippen LogP contribution in [0.3, 0.4) is 0 Å². The van der Waals surface area contributed by atoms with Crippen molar-refractivity contribution in [3.05, 3.63) is 64.8 Å². The van der Waals surface area contributed by atoms with Gasteiger partial charge in [-0.3, -0.25) is 9.69 Å². The Morgan fingerprint density at radius 2 is 1.96 bits per heavy atom. The minimum absolute atomic E-state index is 0.00594. The van der Waals surface area contributed by atoms with Gasteiger partial charge in [0.25, 0.3) is 5.91 Å². The normalized spacial score (nSPS) is 20.8. The second kappa shape index (κ2) is 12.5. The first-order valence-electron chi connectivity index (χ1n) is 16.0. The van der Waals surface area contributed by atoms with Crippen LogP contribution in [-0.2, 0) is 17.8 Å². The van der Waals surface area contributed by atoms with E-state index in [0.717, 1.165) is 41.7 Å². The Kier molecular flexibility index (Phi) is 8.40.